The first-order valence-electron chi connectivity index (χ1n) is 19.2. The normalized spacial score (nSPS) is 12.9. The van der Waals surface area contributed by atoms with Crippen LogP contribution < -0.4 is 15.0 Å². The maximum absolute atomic E-state index is 11.8. The molecule has 1 heterocycles. The van der Waals surface area contributed by atoms with E-state index in [0.29, 0.717) is 16.9 Å². The highest BCUT2D eigenvalue weighted by Gasteiger charge is 2.32. The van der Waals surface area contributed by atoms with Gasteiger partial charge in [0, 0.05) is 43.2 Å². The summed E-state index contributed by atoms with van der Waals surface area (Å²) in [6, 6.07) is 26.9. The molecule has 0 saturated heterocycles. The van der Waals surface area contributed by atoms with Gasteiger partial charge in [0.1, 0.15) is 0 Å². The van der Waals surface area contributed by atoms with Crippen molar-refractivity contribution in [1.82, 2.24) is 0 Å². The van der Waals surface area contributed by atoms with Gasteiger partial charge in [-0.15, -0.1) is 11.3 Å². The number of allylic oxidation sites excluding steroid dienone is 1. The topological polar surface area (TPSA) is 87.5 Å². The average Bonchev–Trinajstić information content (AvgIpc) is 3.56. The predicted octanol–water partition coefficient (Wildman–Crippen LogP) is 13.0. The van der Waals surface area contributed by atoms with Crippen LogP contribution in [0.2, 0.25) is 0 Å². The average molecular weight is 754 g/mol. The van der Waals surface area contributed by atoms with Gasteiger partial charge in [-0.1, -0.05) is 72.1 Å². The molecule has 0 unspecified atom stereocenters. The molecule has 0 aliphatic rings. The third-order valence-corrected chi connectivity index (χ3v) is 11.9. The molecule has 4 rings (SSSR count). The molecule has 0 atom stereocenters. The minimum absolute atomic E-state index is 0.301. The van der Waals surface area contributed by atoms with E-state index in [4.69, 9.17) is 0 Å². The molecule has 3 N–H and O–H groups in total. The van der Waals surface area contributed by atoms with Crippen molar-refractivity contribution in [3.63, 3.8) is 0 Å². The smallest absolute Gasteiger partial charge is 0.330 e. The molecule has 7 nitrogen and oxygen atoms in total. The molecule has 0 fully saturated rings. The number of aliphatic carboxylic acids is 1. The highest BCUT2D eigenvalue weighted by atomic mass is 32.1. The summed E-state index contributed by atoms with van der Waals surface area (Å²) in [7, 11) is 0. The number of anilines is 5. The molecule has 0 bridgehead atoms. The van der Waals surface area contributed by atoms with E-state index in [0.717, 1.165) is 29.9 Å². The fourth-order valence-corrected chi connectivity index (χ4v) is 8.16. The van der Waals surface area contributed by atoms with Gasteiger partial charge in [0.2, 0.25) is 0 Å². The first kappa shape index (κ1) is 42.6. The number of hydroxylamine groups is 2. The summed E-state index contributed by atoms with van der Waals surface area (Å²) in [5.41, 5.74) is 5.48. The van der Waals surface area contributed by atoms with Crippen LogP contribution in [0.15, 0.2) is 90.5 Å². The van der Waals surface area contributed by atoms with Crippen molar-refractivity contribution in [1.29, 1.82) is 0 Å². The molecule has 1 aromatic heterocycles. The van der Waals surface area contributed by atoms with Crippen LogP contribution in [0.3, 0.4) is 0 Å². The number of thiophene rings is 1. The summed E-state index contributed by atoms with van der Waals surface area (Å²) >= 11 is 1.80. The second-order valence-electron chi connectivity index (χ2n) is 17.6. The van der Waals surface area contributed by atoms with Crippen molar-refractivity contribution in [2.45, 2.75) is 137 Å². The van der Waals surface area contributed by atoms with E-state index in [1.807, 2.05) is 96.1 Å². The van der Waals surface area contributed by atoms with Crippen molar-refractivity contribution in [2.24, 2.45) is 0 Å². The van der Waals surface area contributed by atoms with Gasteiger partial charge < -0.3 is 10.0 Å². The van der Waals surface area contributed by atoms with Gasteiger partial charge in [-0.2, -0.15) is 0 Å². The molecule has 4 aromatic rings. The van der Waals surface area contributed by atoms with Gasteiger partial charge in [0.15, 0.2) is 0 Å². The Morgan fingerprint density at radius 1 is 0.667 bits per heavy atom. The lowest BCUT2D eigenvalue weighted by atomic mass is 9.81. The molecule has 0 saturated carbocycles. The molecule has 0 amide bonds. The van der Waals surface area contributed by atoms with Crippen molar-refractivity contribution < 1.29 is 20.3 Å². The Morgan fingerprint density at radius 2 is 1.09 bits per heavy atom. The second kappa shape index (κ2) is 16.7. The predicted molar refractivity (Wildman–Crippen MR) is 228 cm³/mol. The number of benzene rings is 3. The third kappa shape index (κ3) is 9.95. The zero-order valence-corrected chi connectivity index (χ0v) is 35.4. The fourth-order valence-electron chi connectivity index (χ4n) is 6.76. The number of nitrogens with zero attached hydrogens (tertiary/aromatic N) is 3. The quantitative estimate of drug-likeness (QED) is 0.0633. The molecule has 0 radical (unpaired) electrons. The zero-order chi connectivity index (χ0) is 40.2. The van der Waals surface area contributed by atoms with E-state index in [-0.39, 0.29) is 5.41 Å². The monoisotopic (exact) mass is 753 g/mol. The van der Waals surface area contributed by atoms with Crippen LogP contribution in [-0.2, 0) is 22.0 Å². The molecule has 54 heavy (non-hydrogen) atoms. The highest BCUT2D eigenvalue weighted by molar-refractivity contribution is 7.12. The van der Waals surface area contributed by atoms with Crippen LogP contribution >= 0.6 is 11.3 Å². The molecule has 0 aliphatic heterocycles. The van der Waals surface area contributed by atoms with E-state index in [1.165, 1.54) is 50.3 Å². The number of carbonyl (C=O) groups is 1. The molecule has 3 aromatic carbocycles. The lowest BCUT2D eigenvalue weighted by Gasteiger charge is -2.33. The van der Waals surface area contributed by atoms with Gasteiger partial charge >= 0.3 is 5.97 Å². The van der Waals surface area contributed by atoms with Crippen LogP contribution in [0.5, 0.6) is 0 Å². The van der Waals surface area contributed by atoms with Crippen LogP contribution in [-0.4, -0.2) is 32.6 Å². The summed E-state index contributed by atoms with van der Waals surface area (Å²) in [6.07, 6.45) is 7.57. The van der Waals surface area contributed by atoms with Crippen molar-refractivity contribution in [3.8, 4) is 0 Å². The molecule has 8 heteroatoms. The first-order chi connectivity index (χ1) is 25.1. The summed E-state index contributed by atoms with van der Waals surface area (Å²) in [6.45, 7) is 24.5. The Labute approximate surface area is 328 Å². The summed E-state index contributed by atoms with van der Waals surface area (Å²) in [5.74, 6) is -0.883. The first-order valence-corrected chi connectivity index (χ1v) is 20.0. The van der Waals surface area contributed by atoms with Crippen LogP contribution in [0, 0.1) is 0 Å². The molecule has 292 valence electrons. The maximum atomic E-state index is 11.8. The van der Waals surface area contributed by atoms with Crippen LogP contribution in [0.1, 0.15) is 130 Å². The lowest BCUT2D eigenvalue weighted by Crippen LogP contribution is -2.38. The Hall–Kier alpha value is -4.11. The molecule has 0 aliphatic carbocycles. The SMILES string of the molecule is CCCCCCc1cc(C(C)(C)c2ccc(N(c3ccc(N(O)C(C)(C)C)cc3)c3ccc(N(O)C(C)(C)C)cc3)cc2)sc1C(C)(C)/C=C(\C)C(=O)O. The van der Waals surface area contributed by atoms with Crippen molar-refractivity contribution in [2.75, 3.05) is 15.0 Å². The number of hydrogen-bond acceptors (Lipinski definition) is 7. The number of rotatable bonds is 15. The van der Waals surface area contributed by atoms with Gasteiger partial charge in [0.05, 0.1) is 22.5 Å². The number of carboxylic acid groups (broad SMARTS) is 1. The van der Waals surface area contributed by atoms with Gasteiger partial charge in [-0.05, 0) is 139 Å². The summed E-state index contributed by atoms with van der Waals surface area (Å²) in [5, 5.41) is 33.9. The summed E-state index contributed by atoms with van der Waals surface area (Å²) in [4.78, 5) is 16.5. The minimum Gasteiger partial charge on any atom is -0.478 e. The molecule has 0 spiro atoms. The van der Waals surface area contributed by atoms with Crippen molar-refractivity contribution >= 4 is 45.7 Å². The fraction of sp³-hybridized carbons (Fsp3) is 0.457. The van der Waals surface area contributed by atoms with Gasteiger partial charge in [0.25, 0.3) is 0 Å². The lowest BCUT2D eigenvalue weighted by molar-refractivity contribution is -0.132. The maximum Gasteiger partial charge on any atom is 0.330 e. The van der Waals surface area contributed by atoms with E-state index >= 15 is 0 Å². The number of aryl methyl sites for hydroxylation is 1. The van der Waals surface area contributed by atoms with E-state index in [9.17, 15) is 20.3 Å². The number of hydrogen-bond donors (Lipinski definition) is 3. The molecular formula is C46H63N3O4S. The Bertz CT molecular complexity index is 1810. The minimum atomic E-state index is -0.883. The number of carboxylic acids is 1. The molecular weight excluding hydrogens is 691 g/mol. The zero-order valence-electron chi connectivity index (χ0n) is 34.6. The van der Waals surface area contributed by atoms with Gasteiger partial charge in [-0.3, -0.25) is 20.5 Å². The van der Waals surface area contributed by atoms with Crippen LogP contribution in [0.25, 0.3) is 0 Å². The van der Waals surface area contributed by atoms with Crippen LogP contribution in [0.4, 0.5) is 28.4 Å². The van der Waals surface area contributed by atoms with Crippen molar-refractivity contribution in [3.05, 3.63) is 111 Å². The Morgan fingerprint density at radius 3 is 1.50 bits per heavy atom. The second-order valence-corrected chi connectivity index (χ2v) is 18.7. The highest BCUT2D eigenvalue weighted by Crippen LogP contribution is 2.45. The Kier molecular flexibility index (Phi) is 13.2. The number of unbranched alkanes of at least 4 members (excludes halogenated alkanes) is 3. The Balaban J connectivity index is 1.76. The van der Waals surface area contributed by atoms with E-state index < -0.39 is 22.5 Å². The largest absolute Gasteiger partial charge is 0.478 e. The third-order valence-electron chi connectivity index (χ3n) is 10.0. The van der Waals surface area contributed by atoms with E-state index in [1.54, 1.807) is 18.3 Å². The standard InChI is InChI=1S/C46H63N3O4S/c1-13-14-15-16-17-33-30-40(54-41(33)45(9,10)31-32(2)42(50)51)46(11,12)34-18-20-35(21-19-34)47(36-22-26-38(27-23-36)48(52)43(3,4)5)37-24-28-39(29-25-37)49(53)44(6,7)8/h18-31,52-53H,13-17H2,1-12H3,(H,50,51)/b32-31+. The van der Waals surface area contributed by atoms with Gasteiger partial charge in [-0.25, -0.2) is 4.79 Å². The summed E-state index contributed by atoms with van der Waals surface area (Å²) < 4.78 is 0. The van der Waals surface area contributed by atoms with E-state index in [2.05, 4.69) is 69.9 Å².